The van der Waals surface area contributed by atoms with E-state index in [1.807, 2.05) is 18.2 Å². The van der Waals surface area contributed by atoms with E-state index in [0.717, 1.165) is 22.3 Å². The van der Waals surface area contributed by atoms with Crippen molar-refractivity contribution in [1.82, 2.24) is 20.1 Å². The molecule has 0 aromatic heterocycles. The van der Waals surface area contributed by atoms with E-state index in [9.17, 15) is 22.8 Å². The molecule has 2 aliphatic rings. The van der Waals surface area contributed by atoms with Crippen LogP contribution >= 0.6 is 11.9 Å². The summed E-state index contributed by atoms with van der Waals surface area (Å²) in [4.78, 5) is 39.6. The topological polar surface area (TPSA) is 152 Å². The van der Waals surface area contributed by atoms with Gasteiger partial charge in [-0.3, -0.25) is 14.4 Å². The average molecular weight is 549 g/mol. The maximum absolute atomic E-state index is 13.2. The molecule has 0 radical (unpaired) electrons. The van der Waals surface area contributed by atoms with Crippen molar-refractivity contribution in [3.05, 3.63) is 53.6 Å². The molecule has 0 aliphatic carbocycles. The summed E-state index contributed by atoms with van der Waals surface area (Å²) in [7, 11) is -3.42. The van der Waals surface area contributed by atoms with Crippen LogP contribution in [0.2, 0.25) is 0 Å². The summed E-state index contributed by atoms with van der Waals surface area (Å²) >= 11 is 1.29. The molecule has 1 unspecified atom stereocenters. The first-order chi connectivity index (χ1) is 17.7. The lowest BCUT2D eigenvalue weighted by Gasteiger charge is -2.28. The van der Waals surface area contributed by atoms with E-state index in [-0.39, 0.29) is 19.5 Å². The van der Waals surface area contributed by atoms with Gasteiger partial charge in [-0.1, -0.05) is 30.3 Å². The highest BCUT2D eigenvalue weighted by atomic mass is 32.2. The van der Waals surface area contributed by atoms with Gasteiger partial charge in [-0.25, -0.2) is 17.9 Å². The van der Waals surface area contributed by atoms with Crippen LogP contribution in [0.5, 0.6) is 11.5 Å². The summed E-state index contributed by atoms with van der Waals surface area (Å²) in [5.41, 5.74) is 1.68. The number of nitrogens with one attached hydrogen (secondary N) is 4. The maximum atomic E-state index is 13.2. The zero-order valence-corrected chi connectivity index (χ0v) is 21.7. The summed E-state index contributed by atoms with van der Waals surface area (Å²) in [5, 5.41) is 5.13. The number of amides is 2. The predicted octanol–water partition coefficient (Wildman–Crippen LogP) is -0.0588. The number of ether oxygens (including phenoxy) is 2. The molecular formula is C24H28N4O7S2. The molecule has 2 aliphatic heterocycles. The van der Waals surface area contributed by atoms with Crippen molar-refractivity contribution in [1.29, 1.82) is 0 Å². The standard InChI is InChI=1S/C24H28N4O7S2/c1-37(32,33)26-8-7-25-24(31)22(29)17(11-15-5-3-2-4-6-15)27-23(30)18-12-16-13-19-20(35-10-9-34-19)14-21(16)36-28-18/h2-6,13-14,17-18,26,28H,7-12H2,1H3,(H,25,31)(H,27,30)/t17-,18?/m0/s1. The van der Waals surface area contributed by atoms with E-state index in [0.29, 0.717) is 31.1 Å². The molecule has 0 saturated carbocycles. The molecule has 37 heavy (non-hydrogen) atoms. The van der Waals surface area contributed by atoms with Crippen LogP contribution in [0.25, 0.3) is 0 Å². The molecule has 2 heterocycles. The molecule has 0 saturated heterocycles. The lowest BCUT2D eigenvalue weighted by atomic mass is 10.00. The second-order valence-corrected chi connectivity index (χ2v) is 11.3. The van der Waals surface area contributed by atoms with Gasteiger partial charge in [-0.2, -0.15) is 0 Å². The van der Waals surface area contributed by atoms with Gasteiger partial charge >= 0.3 is 0 Å². The van der Waals surface area contributed by atoms with E-state index in [2.05, 4.69) is 20.1 Å². The molecule has 2 atom stereocenters. The van der Waals surface area contributed by atoms with Crippen molar-refractivity contribution in [2.24, 2.45) is 0 Å². The highest BCUT2D eigenvalue weighted by Crippen LogP contribution is 2.39. The second kappa shape index (κ2) is 11.9. The highest BCUT2D eigenvalue weighted by Gasteiger charge is 2.32. The molecule has 4 rings (SSSR count). The van der Waals surface area contributed by atoms with Crippen molar-refractivity contribution >= 4 is 39.6 Å². The van der Waals surface area contributed by atoms with Crippen LogP contribution < -0.4 is 29.6 Å². The molecule has 4 N–H and O–H groups in total. The predicted molar refractivity (Wildman–Crippen MR) is 137 cm³/mol. The third-order valence-corrected chi connectivity index (χ3v) is 7.42. The van der Waals surface area contributed by atoms with Crippen molar-refractivity contribution in [3.63, 3.8) is 0 Å². The number of hydrogen-bond donors (Lipinski definition) is 4. The highest BCUT2D eigenvalue weighted by molar-refractivity contribution is 7.97. The Labute approximate surface area is 219 Å². The molecular weight excluding hydrogens is 520 g/mol. The molecule has 0 bridgehead atoms. The zero-order valence-electron chi connectivity index (χ0n) is 20.1. The van der Waals surface area contributed by atoms with E-state index in [4.69, 9.17) is 9.47 Å². The second-order valence-electron chi connectivity index (χ2n) is 8.62. The molecule has 2 amide bonds. The number of hydrogen-bond acceptors (Lipinski definition) is 9. The van der Waals surface area contributed by atoms with Crippen LogP contribution in [0.15, 0.2) is 47.4 Å². The van der Waals surface area contributed by atoms with Gasteiger partial charge in [0.2, 0.25) is 21.7 Å². The largest absolute Gasteiger partial charge is 0.486 e. The Bertz CT molecular complexity index is 1270. The van der Waals surface area contributed by atoms with E-state index < -0.39 is 39.7 Å². The first-order valence-electron chi connectivity index (χ1n) is 11.7. The van der Waals surface area contributed by atoms with E-state index in [1.54, 1.807) is 24.3 Å². The van der Waals surface area contributed by atoms with Crippen LogP contribution in [0.1, 0.15) is 11.1 Å². The summed E-state index contributed by atoms with van der Waals surface area (Å²) in [5.74, 6) is -0.857. The van der Waals surface area contributed by atoms with Gasteiger partial charge in [0.15, 0.2) is 11.5 Å². The Morgan fingerprint density at radius 1 is 1.08 bits per heavy atom. The summed E-state index contributed by atoms with van der Waals surface area (Å²) in [6.07, 6.45) is 1.48. The van der Waals surface area contributed by atoms with Crippen LogP contribution in [-0.2, 0) is 37.2 Å². The number of benzene rings is 2. The lowest BCUT2D eigenvalue weighted by Crippen LogP contribution is -2.54. The maximum Gasteiger partial charge on any atom is 0.289 e. The molecule has 2 aromatic carbocycles. The summed E-state index contributed by atoms with van der Waals surface area (Å²) < 4.78 is 39.0. The summed E-state index contributed by atoms with van der Waals surface area (Å²) in [6.45, 7) is 0.802. The van der Waals surface area contributed by atoms with Gasteiger partial charge in [0.05, 0.1) is 6.26 Å². The van der Waals surface area contributed by atoms with Crippen LogP contribution in [0, 0.1) is 0 Å². The number of ketones is 1. The number of fused-ring (bicyclic) bond motifs is 2. The normalized spacial score (nSPS) is 17.3. The third-order valence-electron chi connectivity index (χ3n) is 5.69. The smallest absolute Gasteiger partial charge is 0.289 e. The molecule has 0 spiro atoms. The molecule has 13 heteroatoms. The van der Waals surface area contributed by atoms with Gasteiger partial charge in [0.25, 0.3) is 5.91 Å². The average Bonchev–Trinajstić information content (AvgIpc) is 2.88. The number of carbonyl (C=O) groups excluding carboxylic acids is 3. The quantitative estimate of drug-likeness (QED) is 0.182. The monoisotopic (exact) mass is 548 g/mol. The number of Topliss-reactive ketones (excluding diaryl/α,β-unsaturated/α-hetero) is 1. The number of rotatable bonds is 10. The fourth-order valence-electron chi connectivity index (χ4n) is 3.90. The molecule has 0 fully saturated rings. The Hall–Kier alpha value is -3.13. The number of sulfonamides is 1. The molecule has 198 valence electrons. The van der Waals surface area contributed by atoms with Gasteiger partial charge in [-0.15, -0.1) is 0 Å². The zero-order chi connectivity index (χ0) is 26.4. The Kier molecular flexibility index (Phi) is 8.69. The van der Waals surface area contributed by atoms with Crippen molar-refractivity contribution in [2.75, 3.05) is 32.6 Å². The Balaban J connectivity index is 1.42. The summed E-state index contributed by atoms with van der Waals surface area (Å²) in [6, 6.07) is 11.0. The van der Waals surface area contributed by atoms with Gasteiger partial charge in [-0.05, 0) is 41.6 Å². The first-order valence-corrected chi connectivity index (χ1v) is 14.4. The SMILES string of the molecule is CS(=O)(=O)NCCNC(=O)C(=O)[C@H](Cc1ccccc1)NC(=O)C1Cc2cc3c(cc2SN1)OCCO3. The van der Waals surface area contributed by atoms with E-state index >= 15 is 0 Å². The number of carbonyl (C=O) groups is 3. The fraction of sp³-hybridized carbons (Fsp3) is 0.375. The van der Waals surface area contributed by atoms with Crippen molar-refractivity contribution < 1.29 is 32.3 Å². The lowest BCUT2D eigenvalue weighted by molar-refractivity contribution is -0.140. The molecule has 2 aromatic rings. The van der Waals surface area contributed by atoms with Crippen LogP contribution in [-0.4, -0.2) is 70.7 Å². The Morgan fingerprint density at radius 3 is 2.49 bits per heavy atom. The van der Waals surface area contributed by atoms with Crippen molar-refractivity contribution in [3.8, 4) is 11.5 Å². The van der Waals surface area contributed by atoms with Crippen LogP contribution in [0.4, 0.5) is 0 Å². The van der Waals surface area contributed by atoms with Gasteiger partial charge in [0, 0.05) is 24.4 Å². The minimum atomic E-state index is -3.42. The van der Waals surface area contributed by atoms with Gasteiger partial charge in [0.1, 0.15) is 25.3 Å². The first kappa shape index (κ1) is 26.9. The Morgan fingerprint density at radius 2 is 1.78 bits per heavy atom. The van der Waals surface area contributed by atoms with E-state index in [1.165, 1.54) is 11.9 Å². The van der Waals surface area contributed by atoms with Gasteiger partial charge < -0.3 is 20.1 Å². The minimum absolute atomic E-state index is 0.0609. The molecule has 11 nitrogen and oxygen atoms in total. The fourth-order valence-corrected chi connectivity index (χ4v) is 5.27. The minimum Gasteiger partial charge on any atom is -0.486 e. The van der Waals surface area contributed by atoms with Crippen molar-refractivity contribution in [2.45, 2.75) is 29.8 Å². The third kappa shape index (κ3) is 7.44. The van der Waals surface area contributed by atoms with Crippen LogP contribution in [0.3, 0.4) is 0 Å².